The zero-order valence-electron chi connectivity index (χ0n) is 11.6. The number of carboxylic acid groups (broad SMARTS) is 1. The van der Waals surface area contributed by atoms with Crippen molar-refractivity contribution in [2.45, 2.75) is 12.8 Å². The Morgan fingerprint density at radius 1 is 1.24 bits per heavy atom. The number of nitrogens with zero attached hydrogens (tertiary/aromatic N) is 1. The molecule has 1 aliphatic heterocycles. The van der Waals surface area contributed by atoms with Crippen molar-refractivity contribution in [1.82, 2.24) is 10.2 Å². The van der Waals surface area contributed by atoms with Gasteiger partial charge in [-0.3, -0.25) is 14.4 Å². The number of piperidine rings is 1. The molecule has 1 saturated heterocycles. The Balaban J connectivity index is 1.84. The summed E-state index contributed by atoms with van der Waals surface area (Å²) in [4.78, 5) is 36.3. The first-order valence-electron chi connectivity index (χ1n) is 6.92. The van der Waals surface area contributed by atoms with Crippen LogP contribution in [-0.4, -0.2) is 47.4 Å². The monoisotopic (exact) mass is 290 g/mol. The summed E-state index contributed by atoms with van der Waals surface area (Å²) in [5, 5.41) is 11.6. The minimum absolute atomic E-state index is 0.111. The predicted octanol–water partition coefficient (Wildman–Crippen LogP) is 0.740. The number of hydrogen-bond acceptors (Lipinski definition) is 3. The highest BCUT2D eigenvalue weighted by molar-refractivity contribution is 5.96. The van der Waals surface area contributed by atoms with Gasteiger partial charge in [-0.2, -0.15) is 0 Å². The Morgan fingerprint density at radius 2 is 1.95 bits per heavy atom. The highest BCUT2D eigenvalue weighted by Gasteiger charge is 2.28. The molecule has 6 nitrogen and oxygen atoms in total. The highest BCUT2D eigenvalue weighted by Crippen LogP contribution is 2.16. The van der Waals surface area contributed by atoms with E-state index in [0.29, 0.717) is 24.9 Å². The molecule has 1 aromatic rings. The second-order valence-electron chi connectivity index (χ2n) is 5.07. The second-order valence-corrected chi connectivity index (χ2v) is 5.07. The summed E-state index contributed by atoms with van der Waals surface area (Å²) in [5.74, 6) is -1.94. The minimum Gasteiger partial charge on any atom is -0.481 e. The van der Waals surface area contributed by atoms with Gasteiger partial charge >= 0.3 is 5.97 Å². The predicted molar refractivity (Wildman–Crippen MR) is 75.7 cm³/mol. The summed E-state index contributed by atoms with van der Waals surface area (Å²) < 4.78 is 0. The Hall–Kier alpha value is -2.37. The third-order valence-electron chi connectivity index (χ3n) is 3.56. The maximum absolute atomic E-state index is 12.0. The lowest BCUT2D eigenvalue weighted by Crippen LogP contribution is -2.46. The van der Waals surface area contributed by atoms with Crippen molar-refractivity contribution < 1.29 is 19.5 Å². The van der Waals surface area contributed by atoms with Gasteiger partial charge in [0.2, 0.25) is 5.91 Å². The largest absolute Gasteiger partial charge is 0.481 e. The van der Waals surface area contributed by atoms with Crippen molar-refractivity contribution in [3.8, 4) is 0 Å². The molecule has 0 radical (unpaired) electrons. The van der Waals surface area contributed by atoms with Gasteiger partial charge in [0.1, 0.15) is 0 Å². The molecule has 1 fully saturated rings. The Bertz CT molecular complexity index is 530. The van der Waals surface area contributed by atoms with Crippen molar-refractivity contribution >= 4 is 17.8 Å². The molecule has 1 atom stereocenters. The van der Waals surface area contributed by atoms with E-state index >= 15 is 0 Å². The van der Waals surface area contributed by atoms with Crippen LogP contribution >= 0.6 is 0 Å². The van der Waals surface area contributed by atoms with Crippen LogP contribution in [0.5, 0.6) is 0 Å². The van der Waals surface area contributed by atoms with Crippen LogP contribution in [0.25, 0.3) is 0 Å². The lowest BCUT2D eigenvalue weighted by atomic mass is 9.98. The number of carbonyl (C=O) groups is 3. The van der Waals surface area contributed by atoms with Gasteiger partial charge in [-0.25, -0.2) is 0 Å². The van der Waals surface area contributed by atoms with Crippen molar-refractivity contribution in [1.29, 1.82) is 0 Å². The fourth-order valence-corrected chi connectivity index (χ4v) is 2.36. The average Bonchev–Trinajstić information content (AvgIpc) is 2.53. The van der Waals surface area contributed by atoms with E-state index in [1.54, 1.807) is 24.3 Å². The summed E-state index contributed by atoms with van der Waals surface area (Å²) >= 11 is 0. The molecule has 1 aromatic carbocycles. The standard InChI is InChI=1S/C15H18N2O4/c18-13(17-8-4-7-12(10-17)15(20)21)9-16-14(19)11-5-2-1-3-6-11/h1-3,5-6,12H,4,7-10H2,(H,16,19)(H,20,21). The lowest BCUT2D eigenvalue weighted by molar-refractivity contribution is -0.145. The zero-order valence-corrected chi connectivity index (χ0v) is 11.6. The van der Waals surface area contributed by atoms with Gasteiger partial charge in [0.25, 0.3) is 5.91 Å². The van der Waals surface area contributed by atoms with E-state index in [1.165, 1.54) is 4.90 Å². The fraction of sp³-hybridized carbons (Fsp3) is 0.400. The van der Waals surface area contributed by atoms with Crippen LogP contribution in [-0.2, 0) is 9.59 Å². The van der Waals surface area contributed by atoms with Gasteiger partial charge in [-0.1, -0.05) is 18.2 Å². The van der Waals surface area contributed by atoms with Gasteiger partial charge in [0, 0.05) is 18.7 Å². The molecule has 2 rings (SSSR count). The Kier molecular flexibility index (Phi) is 4.92. The van der Waals surface area contributed by atoms with Crippen molar-refractivity contribution in [2.75, 3.05) is 19.6 Å². The van der Waals surface area contributed by atoms with E-state index in [1.807, 2.05) is 6.07 Å². The summed E-state index contributed by atoms with van der Waals surface area (Å²) in [6.07, 6.45) is 1.27. The second kappa shape index (κ2) is 6.88. The molecular weight excluding hydrogens is 272 g/mol. The van der Waals surface area contributed by atoms with Crippen molar-refractivity contribution in [3.05, 3.63) is 35.9 Å². The lowest BCUT2D eigenvalue weighted by Gasteiger charge is -2.30. The zero-order chi connectivity index (χ0) is 15.2. The first-order valence-corrected chi connectivity index (χ1v) is 6.92. The number of carbonyl (C=O) groups excluding carboxylic acids is 2. The van der Waals surface area contributed by atoms with E-state index in [-0.39, 0.29) is 24.9 Å². The number of amides is 2. The molecule has 6 heteroatoms. The SMILES string of the molecule is O=C(NCC(=O)N1CCCC(C(=O)O)C1)c1ccccc1. The smallest absolute Gasteiger partial charge is 0.308 e. The molecule has 2 amide bonds. The van der Waals surface area contributed by atoms with Crippen LogP contribution in [0.2, 0.25) is 0 Å². The molecule has 0 aromatic heterocycles. The van der Waals surface area contributed by atoms with E-state index in [2.05, 4.69) is 5.32 Å². The Labute approximate surface area is 122 Å². The molecule has 2 N–H and O–H groups in total. The van der Waals surface area contributed by atoms with Crippen LogP contribution in [0, 0.1) is 5.92 Å². The molecule has 1 heterocycles. The number of hydrogen-bond donors (Lipinski definition) is 2. The summed E-state index contributed by atoms with van der Waals surface area (Å²) in [6.45, 7) is 0.652. The van der Waals surface area contributed by atoms with Gasteiger partial charge in [0.15, 0.2) is 0 Å². The van der Waals surface area contributed by atoms with E-state index < -0.39 is 11.9 Å². The molecule has 1 unspecified atom stereocenters. The van der Waals surface area contributed by atoms with Gasteiger partial charge in [-0.05, 0) is 25.0 Å². The summed E-state index contributed by atoms with van der Waals surface area (Å²) in [5.41, 5.74) is 0.493. The first kappa shape index (κ1) is 15.0. The number of benzene rings is 1. The molecule has 21 heavy (non-hydrogen) atoms. The van der Waals surface area contributed by atoms with Crippen LogP contribution in [0.3, 0.4) is 0 Å². The number of rotatable bonds is 4. The first-order chi connectivity index (χ1) is 10.1. The van der Waals surface area contributed by atoms with Crippen molar-refractivity contribution in [2.24, 2.45) is 5.92 Å². The molecule has 0 bridgehead atoms. The van der Waals surface area contributed by atoms with Crippen LogP contribution in [0.15, 0.2) is 30.3 Å². The normalized spacial score (nSPS) is 18.1. The molecule has 112 valence electrons. The maximum Gasteiger partial charge on any atom is 0.308 e. The van der Waals surface area contributed by atoms with E-state index in [0.717, 1.165) is 0 Å². The van der Waals surface area contributed by atoms with Crippen LogP contribution < -0.4 is 5.32 Å². The van der Waals surface area contributed by atoms with Crippen LogP contribution in [0.4, 0.5) is 0 Å². The number of likely N-dealkylation sites (tertiary alicyclic amines) is 1. The quantitative estimate of drug-likeness (QED) is 0.856. The molecule has 0 spiro atoms. The fourth-order valence-electron chi connectivity index (χ4n) is 2.36. The van der Waals surface area contributed by atoms with Crippen molar-refractivity contribution in [3.63, 3.8) is 0 Å². The summed E-state index contributed by atoms with van der Waals surface area (Å²) in [7, 11) is 0. The topological polar surface area (TPSA) is 86.7 Å². The molecular formula is C15H18N2O4. The molecule has 1 aliphatic rings. The van der Waals surface area contributed by atoms with E-state index in [4.69, 9.17) is 5.11 Å². The van der Waals surface area contributed by atoms with Gasteiger partial charge in [-0.15, -0.1) is 0 Å². The summed E-state index contributed by atoms with van der Waals surface area (Å²) in [6, 6.07) is 8.64. The maximum atomic E-state index is 12.0. The molecule has 0 saturated carbocycles. The highest BCUT2D eigenvalue weighted by atomic mass is 16.4. The van der Waals surface area contributed by atoms with Gasteiger partial charge in [0.05, 0.1) is 12.5 Å². The van der Waals surface area contributed by atoms with Crippen LogP contribution in [0.1, 0.15) is 23.2 Å². The number of aliphatic carboxylic acids is 1. The molecule has 0 aliphatic carbocycles. The Morgan fingerprint density at radius 3 is 2.62 bits per heavy atom. The third kappa shape index (κ3) is 4.05. The average molecular weight is 290 g/mol. The third-order valence-corrected chi connectivity index (χ3v) is 3.56. The van der Waals surface area contributed by atoms with Gasteiger partial charge < -0.3 is 15.3 Å². The number of carboxylic acids is 1. The number of nitrogens with one attached hydrogen (secondary N) is 1. The minimum atomic E-state index is -0.874. The van der Waals surface area contributed by atoms with E-state index in [9.17, 15) is 14.4 Å².